The number of carbonyl (C=O) groups excluding carboxylic acids is 1. The predicted molar refractivity (Wildman–Crippen MR) is 75.3 cm³/mol. The van der Waals surface area contributed by atoms with Gasteiger partial charge in [0.05, 0.1) is 22.5 Å². The van der Waals surface area contributed by atoms with E-state index in [1.54, 1.807) is 0 Å². The largest absolute Gasteiger partial charge is 0.334 e. The third-order valence-electron chi connectivity index (χ3n) is 3.19. The molecule has 1 fully saturated rings. The standard InChI is InChI=1S/C12H14N4O3S/c17-12(13-8-5-6-20(18,19)7-8)16-11-14-9-3-1-2-4-10(9)15-11/h1-4,8H,5-7H2,(H3,13,14,15,16,17). The number of H-pyrrole nitrogens is 1. The molecule has 1 atom stereocenters. The van der Waals surface area contributed by atoms with Gasteiger partial charge >= 0.3 is 6.03 Å². The number of para-hydroxylation sites is 2. The van der Waals surface area contributed by atoms with Crippen LogP contribution in [0.5, 0.6) is 0 Å². The number of aromatic nitrogens is 2. The summed E-state index contributed by atoms with van der Waals surface area (Å²) in [5.74, 6) is 0.466. The van der Waals surface area contributed by atoms with Crippen LogP contribution >= 0.6 is 0 Å². The first kappa shape index (κ1) is 12.9. The summed E-state index contributed by atoms with van der Waals surface area (Å²) in [4.78, 5) is 19.0. The summed E-state index contributed by atoms with van der Waals surface area (Å²) >= 11 is 0. The van der Waals surface area contributed by atoms with Crippen molar-refractivity contribution in [1.82, 2.24) is 15.3 Å². The number of imidazole rings is 1. The molecule has 3 rings (SSSR count). The second-order valence-corrected chi connectivity index (χ2v) is 7.03. The Morgan fingerprint density at radius 1 is 1.35 bits per heavy atom. The van der Waals surface area contributed by atoms with Crippen LogP contribution in [0, 0.1) is 0 Å². The van der Waals surface area contributed by atoms with Gasteiger partial charge in [-0.2, -0.15) is 0 Å². The first-order valence-electron chi connectivity index (χ1n) is 6.24. The molecule has 1 aliphatic rings. The van der Waals surface area contributed by atoms with Crippen molar-refractivity contribution in [2.24, 2.45) is 0 Å². The highest BCUT2D eigenvalue weighted by atomic mass is 32.2. The Morgan fingerprint density at radius 2 is 2.15 bits per heavy atom. The van der Waals surface area contributed by atoms with Crippen LogP contribution < -0.4 is 10.6 Å². The summed E-state index contributed by atoms with van der Waals surface area (Å²) < 4.78 is 22.6. The Bertz CT molecular complexity index is 720. The summed E-state index contributed by atoms with van der Waals surface area (Å²) in [5, 5.41) is 5.21. The number of carbonyl (C=O) groups is 1. The molecule has 0 aliphatic carbocycles. The number of amides is 2. The highest BCUT2D eigenvalue weighted by Gasteiger charge is 2.28. The molecule has 20 heavy (non-hydrogen) atoms. The number of benzene rings is 1. The molecule has 0 radical (unpaired) electrons. The zero-order valence-corrected chi connectivity index (χ0v) is 11.4. The number of sulfone groups is 1. The van der Waals surface area contributed by atoms with Crippen molar-refractivity contribution in [2.45, 2.75) is 12.5 Å². The minimum absolute atomic E-state index is 0.000546. The molecule has 2 heterocycles. The maximum absolute atomic E-state index is 11.8. The van der Waals surface area contributed by atoms with E-state index >= 15 is 0 Å². The third-order valence-corrected chi connectivity index (χ3v) is 4.96. The van der Waals surface area contributed by atoms with Gasteiger partial charge in [0, 0.05) is 6.04 Å². The lowest BCUT2D eigenvalue weighted by Gasteiger charge is -2.10. The minimum Gasteiger partial charge on any atom is -0.334 e. The minimum atomic E-state index is -3.00. The fraction of sp³-hybridized carbons (Fsp3) is 0.333. The first-order valence-corrected chi connectivity index (χ1v) is 8.07. The number of nitrogens with zero attached hydrogens (tertiary/aromatic N) is 1. The number of rotatable bonds is 2. The number of fused-ring (bicyclic) bond motifs is 1. The summed E-state index contributed by atoms with van der Waals surface area (Å²) in [6, 6.07) is 6.63. The van der Waals surface area contributed by atoms with Crippen LogP contribution in [-0.2, 0) is 9.84 Å². The summed E-state index contributed by atoms with van der Waals surface area (Å²) in [5.41, 5.74) is 1.58. The van der Waals surface area contributed by atoms with E-state index in [-0.39, 0.29) is 17.5 Å². The van der Waals surface area contributed by atoms with E-state index in [0.717, 1.165) is 11.0 Å². The van der Waals surface area contributed by atoms with E-state index in [1.807, 2.05) is 24.3 Å². The van der Waals surface area contributed by atoms with Crippen LogP contribution in [0.3, 0.4) is 0 Å². The van der Waals surface area contributed by atoms with Gasteiger partial charge in [-0.1, -0.05) is 12.1 Å². The predicted octanol–water partition coefficient (Wildman–Crippen LogP) is 0.872. The van der Waals surface area contributed by atoms with Crippen LogP contribution in [0.25, 0.3) is 11.0 Å². The Hall–Kier alpha value is -2.09. The van der Waals surface area contributed by atoms with Crippen molar-refractivity contribution < 1.29 is 13.2 Å². The van der Waals surface area contributed by atoms with E-state index in [9.17, 15) is 13.2 Å². The average Bonchev–Trinajstić information content (AvgIpc) is 2.91. The molecule has 1 aliphatic heterocycles. The van der Waals surface area contributed by atoms with Gasteiger partial charge in [0.1, 0.15) is 0 Å². The van der Waals surface area contributed by atoms with Crippen LogP contribution in [0.1, 0.15) is 6.42 Å². The monoisotopic (exact) mass is 294 g/mol. The van der Waals surface area contributed by atoms with Crippen molar-refractivity contribution in [3.63, 3.8) is 0 Å². The fourth-order valence-electron chi connectivity index (χ4n) is 2.25. The van der Waals surface area contributed by atoms with Crippen molar-refractivity contribution in [3.05, 3.63) is 24.3 Å². The highest BCUT2D eigenvalue weighted by molar-refractivity contribution is 7.91. The molecule has 1 saturated heterocycles. The molecule has 3 N–H and O–H groups in total. The van der Waals surface area contributed by atoms with E-state index in [4.69, 9.17) is 0 Å². The fourth-order valence-corrected chi connectivity index (χ4v) is 3.92. The van der Waals surface area contributed by atoms with Crippen LogP contribution in [-0.4, -0.2) is 42.0 Å². The number of urea groups is 1. The average molecular weight is 294 g/mol. The number of hydrogen-bond donors (Lipinski definition) is 3. The van der Waals surface area contributed by atoms with Crippen molar-refractivity contribution >= 4 is 32.9 Å². The number of aromatic amines is 1. The number of anilines is 1. The second-order valence-electron chi connectivity index (χ2n) is 4.80. The Morgan fingerprint density at radius 3 is 2.85 bits per heavy atom. The van der Waals surface area contributed by atoms with Crippen molar-refractivity contribution in [3.8, 4) is 0 Å². The molecule has 1 aromatic heterocycles. The smallest absolute Gasteiger partial charge is 0.321 e. The summed E-state index contributed by atoms with van der Waals surface area (Å²) in [7, 11) is -3.00. The lowest BCUT2D eigenvalue weighted by Crippen LogP contribution is -2.38. The van der Waals surface area contributed by atoms with Crippen molar-refractivity contribution in [2.75, 3.05) is 16.8 Å². The normalized spacial score (nSPS) is 20.9. The summed E-state index contributed by atoms with van der Waals surface area (Å²) in [6.45, 7) is 0. The highest BCUT2D eigenvalue weighted by Crippen LogP contribution is 2.14. The Kier molecular flexibility index (Phi) is 3.09. The second kappa shape index (κ2) is 4.78. The van der Waals surface area contributed by atoms with E-state index in [2.05, 4.69) is 20.6 Å². The van der Waals surface area contributed by atoms with E-state index < -0.39 is 15.9 Å². The molecular weight excluding hydrogens is 280 g/mol. The number of hydrogen-bond acceptors (Lipinski definition) is 4. The molecule has 2 amide bonds. The molecule has 0 bridgehead atoms. The maximum Gasteiger partial charge on any atom is 0.321 e. The molecule has 2 aromatic rings. The quantitative estimate of drug-likeness (QED) is 0.764. The lowest BCUT2D eigenvalue weighted by atomic mass is 10.3. The zero-order valence-electron chi connectivity index (χ0n) is 10.6. The molecule has 0 saturated carbocycles. The molecule has 106 valence electrons. The lowest BCUT2D eigenvalue weighted by molar-refractivity contribution is 0.249. The van der Waals surface area contributed by atoms with Crippen molar-refractivity contribution in [1.29, 1.82) is 0 Å². The number of nitrogens with one attached hydrogen (secondary N) is 3. The maximum atomic E-state index is 11.8. The van der Waals surface area contributed by atoms with Crippen LogP contribution in [0.4, 0.5) is 10.7 Å². The van der Waals surface area contributed by atoms with Gasteiger partial charge in [0.25, 0.3) is 0 Å². The molecule has 7 nitrogen and oxygen atoms in total. The zero-order chi connectivity index (χ0) is 14.2. The van der Waals surface area contributed by atoms with Gasteiger partial charge in [-0.05, 0) is 18.6 Å². The van der Waals surface area contributed by atoms with Crippen LogP contribution in [0.2, 0.25) is 0 Å². The molecule has 1 unspecified atom stereocenters. The van der Waals surface area contributed by atoms with Gasteiger partial charge in [0.15, 0.2) is 9.84 Å². The van der Waals surface area contributed by atoms with Gasteiger partial charge < -0.3 is 10.3 Å². The molecular formula is C12H14N4O3S. The van der Waals surface area contributed by atoms with Gasteiger partial charge in [-0.25, -0.2) is 18.2 Å². The SMILES string of the molecule is O=C(Nc1nc2ccccc2[nH]1)NC1CCS(=O)(=O)C1. The first-order chi connectivity index (χ1) is 9.52. The third kappa shape index (κ3) is 2.74. The van der Waals surface area contributed by atoms with E-state index in [0.29, 0.717) is 12.4 Å². The Labute approximate surface area is 115 Å². The molecule has 8 heteroatoms. The van der Waals surface area contributed by atoms with E-state index in [1.165, 1.54) is 0 Å². The van der Waals surface area contributed by atoms with Gasteiger partial charge in [-0.3, -0.25) is 5.32 Å². The van der Waals surface area contributed by atoms with Gasteiger partial charge in [-0.15, -0.1) is 0 Å². The van der Waals surface area contributed by atoms with Crippen LogP contribution in [0.15, 0.2) is 24.3 Å². The Balaban J connectivity index is 1.64. The summed E-state index contributed by atoms with van der Waals surface area (Å²) in [6.07, 6.45) is 0.454. The topological polar surface area (TPSA) is 104 Å². The van der Waals surface area contributed by atoms with Gasteiger partial charge in [0.2, 0.25) is 5.95 Å². The molecule has 0 spiro atoms. The molecule has 1 aromatic carbocycles.